The Kier molecular flexibility index (Phi) is 5.46. The van der Waals surface area contributed by atoms with E-state index in [-0.39, 0.29) is 12.0 Å². The monoisotopic (exact) mass is 358 g/mol. The van der Waals surface area contributed by atoms with Crippen LogP contribution in [0, 0.1) is 11.8 Å². The summed E-state index contributed by atoms with van der Waals surface area (Å²) in [4.78, 5) is 14.7. The number of carbonyl (C=O) groups excluding carboxylic acids is 1. The molecule has 0 unspecified atom stereocenters. The molecule has 2 saturated heterocycles. The zero-order valence-corrected chi connectivity index (χ0v) is 15.7. The number of hydrogen-bond donors (Lipinski definition) is 1. The molecule has 0 radical (unpaired) electrons. The molecule has 0 aromatic heterocycles. The first-order valence-corrected chi connectivity index (χ1v) is 9.98. The maximum absolute atomic E-state index is 12.2. The van der Waals surface area contributed by atoms with Gasteiger partial charge in [-0.15, -0.1) is 0 Å². The maximum atomic E-state index is 12.2. The molecule has 2 aliphatic heterocycles. The zero-order valence-electron chi connectivity index (χ0n) is 15.7. The van der Waals surface area contributed by atoms with Gasteiger partial charge in [-0.25, -0.2) is 0 Å². The average Bonchev–Trinajstić information content (AvgIpc) is 3.01. The van der Waals surface area contributed by atoms with Crippen LogP contribution < -0.4 is 10.1 Å². The van der Waals surface area contributed by atoms with Gasteiger partial charge in [-0.2, -0.15) is 0 Å². The highest BCUT2D eigenvalue weighted by Gasteiger charge is 2.41. The predicted molar refractivity (Wildman–Crippen MR) is 100 cm³/mol. The number of para-hydroxylation sites is 1. The number of nitrogens with one attached hydrogen (secondary N) is 1. The summed E-state index contributed by atoms with van der Waals surface area (Å²) in [6.45, 7) is 3.81. The first-order chi connectivity index (χ1) is 12.7. The Balaban J connectivity index is 1.29. The zero-order chi connectivity index (χ0) is 17.9. The van der Waals surface area contributed by atoms with Gasteiger partial charge in [0, 0.05) is 30.6 Å². The van der Waals surface area contributed by atoms with Gasteiger partial charge >= 0.3 is 0 Å². The van der Waals surface area contributed by atoms with Crippen LogP contribution in [0.25, 0.3) is 0 Å². The van der Waals surface area contributed by atoms with Crippen molar-refractivity contribution in [3.05, 3.63) is 29.8 Å². The van der Waals surface area contributed by atoms with E-state index in [1.807, 2.05) is 12.1 Å². The van der Waals surface area contributed by atoms with E-state index in [1.54, 1.807) is 7.11 Å². The van der Waals surface area contributed by atoms with Crippen LogP contribution in [-0.4, -0.2) is 49.8 Å². The molecule has 3 aliphatic rings. The van der Waals surface area contributed by atoms with Crippen molar-refractivity contribution in [1.82, 2.24) is 10.2 Å². The van der Waals surface area contributed by atoms with Gasteiger partial charge in [0.25, 0.3) is 0 Å². The number of rotatable bonds is 6. The van der Waals surface area contributed by atoms with Crippen molar-refractivity contribution in [3.8, 4) is 5.75 Å². The number of likely N-dealkylation sites (tertiary alicyclic amines) is 1. The number of methoxy groups -OCH3 is 1. The quantitative estimate of drug-likeness (QED) is 0.849. The second-order valence-corrected chi connectivity index (χ2v) is 8.03. The third-order valence-electron chi connectivity index (χ3n) is 6.32. The van der Waals surface area contributed by atoms with Gasteiger partial charge in [0.2, 0.25) is 5.91 Å². The van der Waals surface area contributed by atoms with Gasteiger partial charge in [-0.05, 0) is 44.2 Å². The second-order valence-electron chi connectivity index (χ2n) is 8.03. The first kappa shape index (κ1) is 17.8. The highest BCUT2D eigenvalue weighted by molar-refractivity contribution is 5.77. The molecule has 0 bridgehead atoms. The van der Waals surface area contributed by atoms with Crippen molar-refractivity contribution < 1.29 is 14.3 Å². The van der Waals surface area contributed by atoms with Crippen molar-refractivity contribution in [2.75, 3.05) is 26.8 Å². The molecule has 1 N–H and O–H groups in total. The number of piperidine rings is 1. The molecule has 26 heavy (non-hydrogen) atoms. The van der Waals surface area contributed by atoms with Crippen molar-refractivity contribution in [2.24, 2.45) is 11.8 Å². The Morgan fingerprint density at radius 1 is 1.31 bits per heavy atom. The Morgan fingerprint density at radius 3 is 2.92 bits per heavy atom. The van der Waals surface area contributed by atoms with Crippen LogP contribution in [0.1, 0.15) is 37.7 Å². The van der Waals surface area contributed by atoms with Crippen LogP contribution >= 0.6 is 0 Å². The maximum Gasteiger partial charge on any atom is 0.222 e. The summed E-state index contributed by atoms with van der Waals surface area (Å²) in [6, 6.07) is 8.67. The van der Waals surface area contributed by atoms with E-state index in [9.17, 15) is 4.79 Å². The van der Waals surface area contributed by atoms with E-state index >= 15 is 0 Å². The number of nitrogens with zero attached hydrogens (tertiary/aromatic N) is 1. The largest absolute Gasteiger partial charge is 0.496 e. The smallest absolute Gasteiger partial charge is 0.222 e. The lowest BCUT2D eigenvalue weighted by atomic mass is 9.83. The lowest BCUT2D eigenvalue weighted by molar-refractivity contribution is -0.125. The van der Waals surface area contributed by atoms with Crippen molar-refractivity contribution in [3.63, 3.8) is 0 Å². The number of hydrogen-bond acceptors (Lipinski definition) is 4. The Morgan fingerprint density at radius 2 is 2.15 bits per heavy atom. The van der Waals surface area contributed by atoms with Crippen LogP contribution in [0.3, 0.4) is 0 Å². The van der Waals surface area contributed by atoms with Crippen molar-refractivity contribution >= 4 is 5.91 Å². The molecule has 3 fully saturated rings. The van der Waals surface area contributed by atoms with E-state index in [2.05, 4.69) is 22.3 Å². The minimum atomic E-state index is 0.105. The summed E-state index contributed by atoms with van der Waals surface area (Å²) in [7, 11) is 1.73. The van der Waals surface area contributed by atoms with Crippen LogP contribution in [0.2, 0.25) is 0 Å². The molecule has 2 heterocycles. The third-order valence-corrected chi connectivity index (χ3v) is 6.32. The Hall–Kier alpha value is -1.59. The molecular weight excluding hydrogens is 328 g/mol. The second kappa shape index (κ2) is 7.97. The number of carbonyl (C=O) groups is 1. The minimum absolute atomic E-state index is 0.105. The fraction of sp³-hybridized carbons (Fsp3) is 0.667. The normalized spacial score (nSPS) is 29.0. The molecule has 1 aromatic carbocycles. The molecule has 5 nitrogen and oxygen atoms in total. The Labute approximate surface area is 156 Å². The first-order valence-electron chi connectivity index (χ1n) is 9.98. The lowest BCUT2D eigenvalue weighted by Gasteiger charge is -2.36. The van der Waals surface area contributed by atoms with Gasteiger partial charge in [-0.3, -0.25) is 9.69 Å². The summed E-state index contributed by atoms with van der Waals surface area (Å²) >= 11 is 0. The van der Waals surface area contributed by atoms with Crippen LogP contribution in [0.15, 0.2) is 24.3 Å². The fourth-order valence-electron chi connectivity index (χ4n) is 4.61. The summed E-state index contributed by atoms with van der Waals surface area (Å²) in [5.41, 5.74) is 1.24. The van der Waals surface area contributed by atoms with Gasteiger partial charge < -0.3 is 14.8 Å². The highest BCUT2D eigenvalue weighted by atomic mass is 16.5. The van der Waals surface area contributed by atoms with Crippen molar-refractivity contribution in [1.29, 1.82) is 0 Å². The highest BCUT2D eigenvalue weighted by Crippen LogP contribution is 2.36. The molecule has 4 rings (SSSR count). The summed E-state index contributed by atoms with van der Waals surface area (Å²) in [5.74, 6) is 2.20. The minimum Gasteiger partial charge on any atom is -0.496 e. The number of fused-ring (bicyclic) bond motifs is 1. The summed E-state index contributed by atoms with van der Waals surface area (Å²) < 4.78 is 11.5. The molecule has 1 aliphatic carbocycles. The molecule has 0 spiro atoms. The Bertz CT molecular complexity index is 631. The molecule has 1 amide bonds. The summed E-state index contributed by atoms with van der Waals surface area (Å²) in [5, 5.41) is 3.15. The number of benzene rings is 1. The molecule has 3 atom stereocenters. The molecule has 1 aromatic rings. The van der Waals surface area contributed by atoms with E-state index in [0.29, 0.717) is 24.3 Å². The average molecular weight is 358 g/mol. The van der Waals surface area contributed by atoms with Crippen LogP contribution in [0.5, 0.6) is 5.75 Å². The van der Waals surface area contributed by atoms with Gasteiger partial charge in [0.05, 0.1) is 26.2 Å². The topological polar surface area (TPSA) is 50.8 Å². The van der Waals surface area contributed by atoms with E-state index in [1.165, 1.54) is 12.0 Å². The fourth-order valence-corrected chi connectivity index (χ4v) is 4.61. The van der Waals surface area contributed by atoms with E-state index in [0.717, 1.165) is 51.3 Å². The van der Waals surface area contributed by atoms with E-state index < -0.39 is 0 Å². The number of amides is 1. The molecule has 142 valence electrons. The predicted octanol–water partition coefficient (Wildman–Crippen LogP) is 2.59. The molecule has 1 saturated carbocycles. The van der Waals surface area contributed by atoms with Crippen LogP contribution in [0.4, 0.5) is 0 Å². The van der Waals surface area contributed by atoms with Gasteiger partial charge in [0.15, 0.2) is 0 Å². The molecular formula is C21H30N2O3. The lowest BCUT2D eigenvalue weighted by Crippen LogP contribution is -2.43. The van der Waals surface area contributed by atoms with Crippen molar-refractivity contribution in [2.45, 2.75) is 50.8 Å². The third kappa shape index (κ3) is 3.89. The van der Waals surface area contributed by atoms with Gasteiger partial charge in [-0.1, -0.05) is 18.2 Å². The SMILES string of the molecule is COc1ccccc1CN1CC[C@@H]2[C@@H](CO[C@H]2CC(=O)NC2CCC2)C1. The molecule has 5 heteroatoms. The number of ether oxygens (including phenoxy) is 2. The van der Waals surface area contributed by atoms with Gasteiger partial charge in [0.1, 0.15) is 5.75 Å². The van der Waals surface area contributed by atoms with E-state index in [4.69, 9.17) is 9.47 Å². The van der Waals surface area contributed by atoms with Crippen LogP contribution in [-0.2, 0) is 16.1 Å². The summed E-state index contributed by atoms with van der Waals surface area (Å²) in [6.07, 6.45) is 5.28. The standard InChI is InChI=1S/C21H30N2O3/c1-25-19-8-3-2-5-15(19)12-23-10-9-18-16(13-23)14-26-20(18)11-21(24)22-17-6-4-7-17/h2-3,5,8,16-18,20H,4,6-7,9-14H2,1H3,(H,22,24)/t16-,18-,20+/m1/s1.